The summed E-state index contributed by atoms with van der Waals surface area (Å²) in [6.45, 7) is 0. The summed E-state index contributed by atoms with van der Waals surface area (Å²) in [6.07, 6.45) is 0. The molecule has 22 heavy (non-hydrogen) atoms. The van der Waals surface area contributed by atoms with Crippen molar-refractivity contribution in [2.45, 2.75) is 0 Å². The van der Waals surface area contributed by atoms with E-state index in [1.807, 2.05) is 42.5 Å². The molecule has 0 N–H and O–H groups in total. The SMILES string of the molecule is Clc1cccc2c(-c3ccccc3)c3c(Cl)cccc3cc12. The van der Waals surface area contributed by atoms with Gasteiger partial charge in [0.2, 0.25) is 0 Å². The predicted molar refractivity (Wildman–Crippen MR) is 96.9 cm³/mol. The van der Waals surface area contributed by atoms with Crippen LogP contribution in [0.4, 0.5) is 0 Å². The molecule has 0 spiro atoms. The number of rotatable bonds is 1. The van der Waals surface area contributed by atoms with Crippen LogP contribution >= 0.6 is 23.2 Å². The van der Waals surface area contributed by atoms with Gasteiger partial charge in [0.1, 0.15) is 0 Å². The van der Waals surface area contributed by atoms with Gasteiger partial charge in [-0.1, -0.05) is 77.8 Å². The van der Waals surface area contributed by atoms with E-state index in [1.54, 1.807) is 0 Å². The van der Waals surface area contributed by atoms with Crippen molar-refractivity contribution in [2.75, 3.05) is 0 Å². The summed E-state index contributed by atoms with van der Waals surface area (Å²) in [5.74, 6) is 0. The molecule has 106 valence electrons. The van der Waals surface area contributed by atoms with E-state index in [0.717, 1.165) is 42.7 Å². The highest BCUT2D eigenvalue weighted by Gasteiger charge is 2.13. The minimum absolute atomic E-state index is 0.761. The van der Waals surface area contributed by atoms with Crippen molar-refractivity contribution in [2.24, 2.45) is 0 Å². The van der Waals surface area contributed by atoms with Crippen molar-refractivity contribution in [3.05, 3.63) is 82.8 Å². The summed E-state index contributed by atoms with van der Waals surface area (Å²) >= 11 is 12.9. The van der Waals surface area contributed by atoms with Gasteiger partial charge in [-0.15, -0.1) is 0 Å². The molecule has 0 aliphatic heterocycles. The maximum Gasteiger partial charge on any atom is 0.0490 e. The molecule has 0 fully saturated rings. The highest BCUT2D eigenvalue weighted by molar-refractivity contribution is 6.40. The van der Waals surface area contributed by atoms with E-state index in [0.29, 0.717) is 0 Å². The van der Waals surface area contributed by atoms with E-state index >= 15 is 0 Å². The lowest BCUT2D eigenvalue weighted by atomic mass is 9.92. The Morgan fingerprint density at radius 1 is 0.591 bits per heavy atom. The second-order valence-electron chi connectivity index (χ2n) is 5.29. The van der Waals surface area contributed by atoms with Gasteiger partial charge in [0.25, 0.3) is 0 Å². The zero-order chi connectivity index (χ0) is 15.1. The molecule has 0 saturated carbocycles. The van der Waals surface area contributed by atoms with E-state index in [4.69, 9.17) is 23.2 Å². The van der Waals surface area contributed by atoms with Gasteiger partial charge in [-0.2, -0.15) is 0 Å². The Morgan fingerprint density at radius 3 is 2.14 bits per heavy atom. The second-order valence-corrected chi connectivity index (χ2v) is 6.10. The molecule has 4 aromatic rings. The van der Waals surface area contributed by atoms with Gasteiger partial charge in [-0.25, -0.2) is 0 Å². The topological polar surface area (TPSA) is 0 Å². The molecule has 2 heteroatoms. The van der Waals surface area contributed by atoms with Gasteiger partial charge < -0.3 is 0 Å². The lowest BCUT2D eigenvalue weighted by molar-refractivity contribution is 1.67. The average molecular weight is 323 g/mol. The minimum Gasteiger partial charge on any atom is -0.0837 e. The molecule has 0 aliphatic rings. The van der Waals surface area contributed by atoms with Crippen LogP contribution in [0.3, 0.4) is 0 Å². The van der Waals surface area contributed by atoms with Crippen LogP contribution in [0.5, 0.6) is 0 Å². The number of halogens is 2. The summed E-state index contributed by atoms with van der Waals surface area (Å²) in [6, 6.07) is 24.4. The maximum atomic E-state index is 6.52. The van der Waals surface area contributed by atoms with Crippen molar-refractivity contribution in [1.82, 2.24) is 0 Å². The predicted octanol–water partition coefficient (Wildman–Crippen LogP) is 6.97. The molecule has 0 heterocycles. The summed E-state index contributed by atoms with van der Waals surface area (Å²) in [4.78, 5) is 0. The van der Waals surface area contributed by atoms with Crippen LogP contribution in [0, 0.1) is 0 Å². The first kappa shape index (κ1) is 13.6. The first-order valence-corrected chi connectivity index (χ1v) is 7.86. The first-order chi connectivity index (χ1) is 10.8. The zero-order valence-corrected chi connectivity index (χ0v) is 13.2. The Hall–Kier alpha value is -2.02. The third-order valence-corrected chi connectivity index (χ3v) is 4.62. The fraction of sp³-hybridized carbons (Fsp3) is 0. The van der Waals surface area contributed by atoms with Crippen molar-refractivity contribution < 1.29 is 0 Å². The van der Waals surface area contributed by atoms with E-state index in [-0.39, 0.29) is 0 Å². The summed E-state index contributed by atoms with van der Waals surface area (Å²) < 4.78 is 0. The summed E-state index contributed by atoms with van der Waals surface area (Å²) in [5.41, 5.74) is 2.29. The van der Waals surface area contributed by atoms with E-state index in [1.165, 1.54) is 0 Å². The Kier molecular flexibility index (Phi) is 3.29. The molecule has 0 bridgehead atoms. The Balaban J connectivity index is 2.29. The molecule has 0 nitrogen and oxygen atoms in total. The van der Waals surface area contributed by atoms with Crippen LogP contribution in [0.2, 0.25) is 10.0 Å². The van der Waals surface area contributed by atoms with Crippen LogP contribution in [0.15, 0.2) is 72.8 Å². The van der Waals surface area contributed by atoms with Crippen molar-refractivity contribution in [3.8, 4) is 11.1 Å². The quantitative estimate of drug-likeness (QED) is 0.332. The monoisotopic (exact) mass is 322 g/mol. The van der Waals surface area contributed by atoms with E-state index in [2.05, 4.69) is 30.3 Å². The van der Waals surface area contributed by atoms with Crippen LogP contribution in [0.25, 0.3) is 32.7 Å². The number of hydrogen-bond donors (Lipinski definition) is 0. The summed E-state index contributed by atoms with van der Waals surface area (Å²) in [7, 11) is 0. The van der Waals surface area contributed by atoms with Crippen molar-refractivity contribution in [3.63, 3.8) is 0 Å². The van der Waals surface area contributed by atoms with E-state index in [9.17, 15) is 0 Å². The van der Waals surface area contributed by atoms with Crippen LogP contribution in [-0.2, 0) is 0 Å². The van der Waals surface area contributed by atoms with Gasteiger partial charge in [0, 0.05) is 20.8 Å². The first-order valence-electron chi connectivity index (χ1n) is 7.10. The molecule has 0 atom stereocenters. The molecule has 0 aromatic heterocycles. The summed E-state index contributed by atoms with van der Waals surface area (Å²) in [5, 5.41) is 5.88. The lowest BCUT2D eigenvalue weighted by Gasteiger charge is -2.14. The molecule has 0 unspecified atom stereocenters. The normalized spacial score (nSPS) is 11.2. The van der Waals surface area contributed by atoms with E-state index < -0.39 is 0 Å². The minimum atomic E-state index is 0.761. The Labute approximate surface area is 138 Å². The number of benzene rings is 4. The highest BCUT2D eigenvalue weighted by Crippen LogP contribution is 2.41. The molecule has 0 amide bonds. The fourth-order valence-corrected chi connectivity index (χ4v) is 3.53. The van der Waals surface area contributed by atoms with Crippen molar-refractivity contribution in [1.29, 1.82) is 0 Å². The van der Waals surface area contributed by atoms with Crippen LogP contribution in [-0.4, -0.2) is 0 Å². The zero-order valence-electron chi connectivity index (χ0n) is 11.7. The molecule has 0 radical (unpaired) electrons. The van der Waals surface area contributed by atoms with Gasteiger partial charge in [0.05, 0.1) is 0 Å². The van der Waals surface area contributed by atoms with Crippen LogP contribution in [0.1, 0.15) is 0 Å². The molecule has 4 aromatic carbocycles. The average Bonchev–Trinajstić information content (AvgIpc) is 2.55. The molecular weight excluding hydrogens is 311 g/mol. The van der Waals surface area contributed by atoms with Gasteiger partial charge in [-0.3, -0.25) is 0 Å². The maximum absolute atomic E-state index is 6.52. The number of hydrogen-bond acceptors (Lipinski definition) is 0. The Bertz CT molecular complexity index is 989. The smallest absolute Gasteiger partial charge is 0.0490 e. The molecule has 0 saturated heterocycles. The molecular formula is C20H12Cl2. The van der Waals surface area contributed by atoms with Gasteiger partial charge in [-0.05, 0) is 40.1 Å². The Morgan fingerprint density at radius 2 is 1.32 bits per heavy atom. The van der Waals surface area contributed by atoms with Gasteiger partial charge >= 0.3 is 0 Å². The standard InChI is InChI=1S/C20H12Cl2/c21-17-10-5-9-15-16(17)12-14-8-4-11-18(22)20(14)19(15)13-6-2-1-3-7-13/h1-12H. The third kappa shape index (κ3) is 2.08. The molecule has 0 aliphatic carbocycles. The number of fused-ring (bicyclic) bond motifs is 2. The highest BCUT2D eigenvalue weighted by atomic mass is 35.5. The molecule has 4 rings (SSSR count). The largest absolute Gasteiger partial charge is 0.0837 e. The van der Waals surface area contributed by atoms with Gasteiger partial charge in [0.15, 0.2) is 0 Å². The van der Waals surface area contributed by atoms with Crippen LogP contribution < -0.4 is 0 Å². The second kappa shape index (κ2) is 5.31. The fourth-order valence-electron chi connectivity index (χ4n) is 3.02. The van der Waals surface area contributed by atoms with Crippen molar-refractivity contribution >= 4 is 44.7 Å². The lowest BCUT2D eigenvalue weighted by Crippen LogP contribution is -1.87. The third-order valence-electron chi connectivity index (χ3n) is 3.98.